The summed E-state index contributed by atoms with van der Waals surface area (Å²) in [5.41, 5.74) is 5.45. The fraction of sp³-hybridized carbons (Fsp3) is 0.300. The van der Waals surface area contributed by atoms with E-state index in [4.69, 9.17) is 9.72 Å². The average molecular weight is 499 g/mol. The fourth-order valence-electron chi connectivity index (χ4n) is 5.15. The molecule has 0 spiro atoms. The molecule has 0 bridgehead atoms. The van der Waals surface area contributed by atoms with E-state index in [1.54, 1.807) is 6.92 Å². The van der Waals surface area contributed by atoms with Crippen LogP contribution in [0, 0.1) is 12.8 Å². The number of anilines is 1. The summed E-state index contributed by atoms with van der Waals surface area (Å²) in [7, 11) is 0. The predicted octanol–water partition coefficient (Wildman–Crippen LogP) is 7.22. The number of aromatic nitrogens is 1. The van der Waals surface area contributed by atoms with E-state index in [1.807, 2.05) is 61.5 Å². The van der Waals surface area contributed by atoms with Crippen LogP contribution in [0.5, 0.6) is 0 Å². The summed E-state index contributed by atoms with van der Waals surface area (Å²) in [4.78, 5) is 33.0. The molecule has 0 saturated heterocycles. The molecule has 36 heavy (non-hydrogen) atoms. The first-order chi connectivity index (χ1) is 17.5. The van der Waals surface area contributed by atoms with Crippen molar-refractivity contribution in [3.63, 3.8) is 0 Å². The van der Waals surface area contributed by atoms with Crippen LogP contribution in [0.15, 0.2) is 54.6 Å². The van der Waals surface area contributed by atoms with Crippen LogP contribution in [0.2, 0.25) is 0 Å². The van der Waals surface area contributed by atoms with Gasteiger partial charge in [0.15, 0.2) is 0 Å². The number of thiophene rings is 1. The van der Waals surface area contributed by atoms with Gasteiger partial charge in [-0.25, -0.2) is 9.78 Å². The second-order valence-corrected chi connectivity index (χ2v) is 10.3. The van der Waals surface area contributed by atoms with E-state index in [0.717, 1.165) is 59.0 Å². The van der Waals surface area contributed by atoms with Crippen LogP contribution < -0.4 is 5.32 Å². The molecule has 2 heterocycles. The largest absolute Gasteiger partial charge is 0.462 e. The maximum atomic E-state index is 13.9. The van der Waals surface area contributed by atoms with Gasteiger partial charge in [0.25, 0.3) is 5.91 Å². The molecule has 6 heteroatoms. The van der Waals surface area contributed by atoms with Gasteiger partial charge in [-0.3, -0.25) is 4.79 Å². The molecule has 184 valence electrons. The molecule has 5 rings (SSSR count). The molecule has 0 aliphatic heterocycles. The van der Waals surface area contributed by atoms with Gasteiger partial charge < -0.3 is 10.1 Å². The van der Waals surface area contributed by atoms with Gasteiger partial charge >= 0.3 is 5.97 Å². The maximum absolute atomic E-state index is 13.9. The SMILES string of the molecule is CCOC(=O)c1c(NC(=O)c2c(C)c(-c3ccccc3)nc3ccccc23)sc2c1CCC(CC)C2. The number of esters is 1. The van der Waals surface area contributed by atoms with Crippen molar-refractivity contribution in [2.24, 2.45) is 5.92 Å². The Kier molecular flexibility index (Phi) is 6.88. The smallest absolute Gasteiger partial charge is 0.341 e. The second kappa shape index (κ2) is 10.2. The summed E-state index contributed by atoms with van der Waals surface area (Å²) in [6.45, 7) is 6.25. The van der Waals surface area contributed by atoms with Gasteiger partial charge in [0.05, 0.1) is 28.9 Å². The second-order valence-electron chi connectivity index (χ2n) is 9.24. The zero-order valence-corrected chi connectivity index (χ0v) is 21.7. The molecule has 4 aromatic rings. The van der Waals surface area contributed by atoms with Crippen molar-refractivity contribution in [2.75, 3.05) is 11.9 Å². The van der Waals surface area contributed by atoms with Gasteiger partial charge in [0.2, 0.25) is 0 Å². The maximum Gasteiger partial charge on any atom is 0.341 e. The summed E-state index contributed by atoms with van der Waals surface area (Å²) in [5, 5.41) is 4.49. The minimum Gasteiger partial charge on any atom is -0.462 e. The number of nitrogens with one attached hydrogen (secondary N) is 1. The van der Waals surface area contributed by atoms with Crippen LogP contribution in [0.1, 0.15) is 63.4 Å². The van der Waals surface area contributed by atoms with Crippen molar-refractivity contribution < 1.29 is 14.3 Å². The highest BCUT2D eigenvalue weighted by Crippen LogP contribution is 2.41. The van der Waals surface area contributed by atoms with Crippen molar-refractivity contribution in [3.8, 4) is 11.3 Å². The number of fused-ring (bicyclic) bond motifs is 2. The van der Waals surface area contributed by atoms with Crippen LogP contribution >= 0.6 is 11.3 Å². The molecule has 0 radical (unpaired) electrons. The fourth-order valence-corrected chi connectivity index (χ4v) is 6.50. The molecule has 1 aliphatic carbocycles. The van der Waals surface area contributed by atoms with E-state index >= 15 is 0 Å². The average Bonchev–Trinajstić information content (AvgIpc) is 3.25. The van der Waals surface area contributed by atoms with Gasteiger partial charge in [-0.15, -0.1) is 11.3 Å². The molecule has 2 aromatic heterocycles. The third kappa shape index (κ3) is 4.42. The Balaban J connectivity index is 1.61. The number of hydrogen-bond donors (Lipinski definition) is 1. The molecule has 1 aliphatic rings. The van der Waals surface area contributed by atoms with Gasteiger partial charge in [-0.2, -0.15) is 0 Å². The normalized spacial score (nSPS) is 14.9. The summed E-state index contributed by atoms with van der Waals surface area (Å²) >= 11 is 1.52. The number of ether oxygens (including phenoxy) is 1. The van der Waals surface area contributed by atoms with Crippen molar-refractivity contribution in [1.82, 2.24) is 4.98 Å². The van der Waals surface area contributed by atoms with Crippen molar-refractivity contribution in [1.29, 1.82) is 0 Å². The molecule has 1 unspecified atom stereocenters. The molecule has 1 atom stereocenters. The highest BCUT2D eigenvalue weighted by molar-refractivity contribution is 7.17. The molecular weight excluding hydrogens is 468 g/mol. The number of para-hydroxylation sites is 1. The molecular formula is C30H30N2O3S. The molecule has 2 aromatic carbocycles. The zero-order valence-electron chi connectivity index (χ0n) is 20.9. The predicted molar refractivity (Wildman–Crippen MR) is 146 cm³/mol. The summed E-state index contributed by atoms with van der Waals surface area (Å²) < 4.78 is 5.41. The first kappa shape index (κ1) is 24.2. The minimum atomic E-state index is -0.360. The summed E-state index contributed by atoms with van der Waals surface area (Å²) in [5.74, 6) is 0.00978. The quantitative estimate of drug-likeness (QED) is 0.285. The Labute approximate surface area is 215 Å². The number of pyridine rings is 1. The lowest BCUT2D eigenvalue weighted by atomic mass is 9.85. The lowest BCUT2D eigenvalue weighted by Gasteiger charge is -2.21. The Bertz CT molecular complexity index is 1440. The first-order valence-corrected chi connectivity index (χ1v) is 13.4. The zero-order chi connectivity index (χ0) is 25.2. The van der Waals surface area contributed by atoms with E-state index in [9.17, 15) is 9.59 Å². The van der Waals surface area contributed by atoms with Gasteiger partial charge in [-0.1, -0.05) is 61.9 Å². The van der Waals surface area contributed by atoms with Crippen LogP contribution in [0.25, 0.3) is 22.2 Å². The van der Waals surface area contributed by atoms with Gasteiger partial charge in [-0.05, 0) is 56.2 Å². The molecule has 0 fully saturated rings. The van der Waals surface area contributed by atoms with Crippen LogP contribution in [0.3, 0.4) is 0 Å². The van der Waals surface area contributed by atoms with Crippen molar-refractivity contribution in [3.05, 3.63) is 81.7 Å². The number of nitrogens with zero attached hydrogens (tertiary/aromatic N) is 1. The number of carbonyl (C=O) groups excluding carboxylic acids is 2. The molecule has 0 saturated carbocycles. The van der Waals surface area contributed by atoms with E-state index in [2.05, 4.69) is 12.2 Å². The topological polar surface area (TPSA) is 68.3 Å². The lowest BCUT2D eigenvalue weighted by Crippen LogP contribution is -2.18. The number of rotatable bonds is 6. The lowest BCUT2D eigenvalue weighted by molar-refractivity contribution is 0.0526. The van der Waals surface area contributed by atoms with Crippen LogP contribution in [-0.4, -0.2) is 23.5 Å². The Morgan fingerprint density at radius 3 is 2.56 bits per heavy atom. The highest BCUT2D eigenvalue weighted by atomic mass is 32.1. The standard InChI is InChI=1S/C30H30N2O3S/c1-4-19-15-16-22-24(17-19)36-29(26(22)30(34)35-5-2)32-28(33)25-18(3)27(20-11-7-6-8-12-20)31-23-14-10-9-13-21(23)25/h6-14,19H,4-5,15-17H2,1-3H3,(H,32,33). The third-order valence-electron chi connectivity index (χ3n) is 7.06. The van der Waals surface area contributed by atoms with Crippen LogP contribution in [-0.2, 0) is 17.6 Å². The van der Waals surface area contributed by atoms with E-state index in [-0.39, 0.29) is 11.9 Å². The van der Waals surface area contributed by atoms with E-state index in [0.29, 0.717) is 28.7 Å². The number of amides is 1. The number of carbonyl (C=O) groups is 2. The van der Waals surface area contributed by atoms with Crippen molar-refractivity contribution in [2.45, 2.75) is 46.5 Å². The molecule has 1 N–H and O–H groups in total. The number of benzene rings is 2. The minimum absolute atomic E-state index is 0.237. The molecule has 5 nitrogen and oxygen atoms in total. The van der Waals surface area contributed by atoms with E-state index < -0.39 is 0 Å². The van der Waals surface area contributed by atoms with Crippen LogP contribution in [0.4, 0.5) is 5.00 Å². The van der Waals surface area contributed by atoms with Gasteiger partial charge in [0.1, 0.15) is 5.00 Å². The Morgan fingerprint density at radius 1 is 1.06 bits per heavy atom. The third-order valence-corrected chi connectivity index (χ3v) is 8.23. The van der Waals surface area contributed by atoms with E-state index in [1.165, 1.54) is 16.2 Å². The monoisotopic (exact) mass is 498 g/mol. The number of hydrogen-bond acceptors (Lipinski definition) is 5. The summed E-state index contributed by atoms with van der Waals surface area (Å²) in [6.07, 6.45) is 3.94. The Hall–Kier alpha value is -3.51. The Morgan fingerprint density at radius 2 is 1.81 bits per heavy atom. The van der Waals surface area contributed by atoms with Crippen molar-refractivity contribution >= 4 is 39.1 Å². The highest BCUT2D eigenvalue weighted by Gasteiger charge is 2.30. The first-order valence-electron chi connectivity index (χ1n) is 12.6. The van der Waals surface area contributed by atoms with Gasteiger partial charge in [0, 0.05) is 15.8 Å². The molecule has 1 amide bonds. The summed E-state index contributed by atoms with van der Waals surface area (Å²) in [6, 6.07) is 17.6.